The van der Waals surface area contributed by atoms with E-state index in [0.29, 0.717) is 17.0 Å². The smallest absolute Gasteiger partial charge is 0.254 e. The Labute approximate surface area is 132 Å². The number of ketones is 1. The highest BCUT2D eigenvalue weighted by Crippen LogP contribution is 2.20. The number of hydrogen-bond donors (Lipinski definition) is 1. The molecule has 0 saturated carbocycles. The van der Waals surface area contributed by atoms with E-state index in [-0.39, 0.29) is 24.1 Å². The molecule has 1 aliphatic heterocycles. The van der Waals surface area contributed by atoms with Gasteiger partial charge in [-0.1, -0.05) is 18.2 Å². The number of amides is 1. The normalized spacial score (nSPS) is 18.0. The van der Waals surface area contributed by atoms with Crippen molar-refractivity contribution >= 4 is 24.1 Å². The molecule has 1 aliphatic rings. The zero-order chi connectivity index (χ0) is 14.5. The second kappa shape index (κ2) is 8.15. The first-order chi connectivity index (χ1) is 9.63. The van der Waals surface area contributed by atoms with Crippen LogP contribution in [0.5, 0.6) is 0 Å². The van der Waals surface area contributed by atoms with Crippen LogP contribution in [-0.4, -0.2) is 43.3 Å². The van der Waals surface area contributed by atoms with Crippen LogP contribution in [0, 0.1) is 5.92 Å². The van der Waals surface area contributed by atoms with Crippen molar-refractivity contribution < 1.29 is 9.59 Å². The zero-order valence-corrected chi connectivity index (χ0v) is 13.4. The molecule has 0 aliphatic carbocycles. The van der Waals surface area contributed by atoms with Crippen LogP contribution in [0.25, 0.3) is 0 Å². The van der Waals surface area contributed by atoms with E-state index in [2.05, 4.69) is 5.32 Å². The minimum Gasteiger partial charge on any atom is -0.338 e. The molecule has 0 bridgehead atoms. The highest BCUT2D eigenvalue weighted by Gasteiger charge is 2.25. The fraction of sp³-hybridized carbons (Fsp3) is 0.500. The van der Waals surface area contributed by atoms with Gasteiger partial charge in [-0.05, 0) is 45.3 Å². The summed E-state index contributed by atoms with van der Waals surface area (Å²) in [5.41, 5.74) is 1.05. The first kappa shape index (κ1) is 17.7. The van der Waals surface area contributed by atoms with E-state index in [1.807, 2.05) is 18.0 Å². The van der Waals surface area contributed by atoms with Crippen molar-refractivity contribution in [2.24, 2.45) is 5.92 Å². The molecule has 1 aromatic carbocycles. The zero-order valence-electron chi connectivity index (χ0n) is 12.6. The summed E-state index contributed by atoms with van der Waals surface area (Å²) in [5, 5.41) is 3.17. The third-order valence-electron chi connectivity index (χ3n) is 3.84. The number of hydrogen-bond acceptors (Lipinski definition) is 3. The Kier molecular flexibility index (Phi) is 6.85. The van der Waals surface area contributed by atoms with Crippen molar-refractivity contribution in [3.05, 3.63) is 35.4 Å². The first-order valence-electron chi connectivity index (χ1n) is 7.17. The average Bonchev–Trinajstić information content (AvgIpc) is 2.47. The molecule has 1 heterocycles. The van der Waals surface area contributed by atoms with E-state index in [1.165, 1.54) is 6.92 Å². The number of Topliss-reactive ketones (excluding diaryl/α,β-unsaturated/α-hetero) is 1. The summed E-state index contributed by atoms with van der Waals surface area (Å²) in [7, 11) is 1.94. The van der Waals surface area contributed by atoms with Crippen molar-refractivity contribution in [2.45, 2.75) is 19.8 Å². The molecule has 1 aromatic rings. The summed E-state index contributed by atoms with van der Waals surface area (Å²) < 4.78 is 0. The third kappa shape index (κ3) is 4.29. The van der Waals surface area contributed by atoms with Crippen LogP contribution >= 0.6 is 12.4 Å². The number of halogens is 1. The minimum absolute atomic E-state index is 0. The summed E-state index contributed by atoms with van der Waals surface area (Å²) >= 11 is 0. The van der Waals surface area contributed by atoms with Gasteiger partial charge in [0.15, 0.2) is 5.78 Å². The SMILES string of the molecule is CNCC1CCCN(C(=O)c2ccccc2C(C)=O)C1.Cl. The lowest BCUT2D eigenvalue weighted by atomic mass is 9.96. The molecule has 1 saturated heterocycles. The Hall–Kier alpha value is -1.39. The Morgan fingerprint density at radius 3 is 2.57 bits per heavy atom. The Morgan fingerprint density at radius 2 is 1.95 bits per heavy atom. The summed E-state index contributed by atoms with van der Waals surface area (Å²) in [4.78, 5) is 26.1. The van der Waals surface area contributed by atoms with Crippen LogP contribution in [0.1, 0.15) is 40.5 Å². The van der Waals surface area contributed by atoms with Gasteiger partial charge in [-0.2, -0.15) is 0 Å². The molecular weight excluding hydrogens is 288 g/mol. The summed E-state index contributed by atoms with van der Waals surface area (Å²) in [5.74, 6) is 0.427. The number of carbonyl (C=O) groups excluding carboxylic acids is 2. The van der Waals surface area contributed by atoms with E-state index in [9.17, 15) is 9.59 Å². The van der Waals surface area contributed by atoms with E-state index in [1.54, 1.807) is 18.2 Å². The maximum atomic E-state index is 12.6. The standard InChI is InChI=1S/C16H22N2O2.ClH/c1-12(19)14-7-3-4-8-15(14)16(20)18-9-5-6-13(11-18)10-17-2;/h3-4,7-8,13,17H,5-6,9-11H2,1-2H3;1H. The fourth-order valence-corrected chi connectivity index (χ4v) is 2.85. The second-order valence-electron chi connectivity index (χ2n) is 5.42. The average molecular weight is 311 g/mol. The number of likely N-dealkylation sites (tertiary alicyclic amines) is 1. The Morgan fingerprint density at radius 1 is 1.29 bits per heavy atom. The molecule has 1 atom stereocenters. The molecular formula is C16H23ClN2O2. The molecule has 1 fully saturated rings. The number of nitrogens with zero attached hydrogens (tertiary/aromatic N) is 1. The predicted molar refractivity (Wildman–Crippen MR) is 86.2 cm³/mol. The number of piperidine rings is 1. The molecule has 1 unspecified atom stereocenters. The molecule has 0 aromatic heterocycles. The molecule has 116 valence electrons. The van der Waals surface area contributed by atoms with Gasteiger partial charge in [0.25, 0.3) is 5.91 Å². The quantitative estimate of drug-likeness (QED) is 0.869. The molecule has 0 radical (unpaired) electrons. The highest BCUT2D eigenvalue weighted by molar-refractivity contribution is 6.07. The summed E-state index contributed by atoms with van der Waals surface area (Å²) in [6.07, 6.45) is 2.18. The van der Waals surface area contributed by atoms with Crippen LogP contribution < -0.4 is 5.32 Å². The number of carbonyl (C=O) groups is 2. The van der Waals surface area contributed by atoms with Gasteiger partial charge < -0.3 is 10.2 Å². The third-order valence-corrected chi connectivity index (χ3v) is 3.84. The van der Waals surface area contributed by atoms with E-state index >= 15 is 0 Å². The molecule has 0 spiro atoms. The number of rotatable bonds is 4. The van der Waals surface area contributed by atoms with Gasteiger partial charge in [-0.3, -0.25) is 9.59 Å². The molecule has 4 nitrogen and oxygen atoms in total. The maximum absolute atomic E-state index is 12.6. The van der Waals surface area contributed by atoms with Crippen molar-refractivity contribution in [1.82, 2.24) is 10.2 Å². The van der Waals surface area contributed by atoms with E-state index in [4.69, 9.17) is 0 Å². The number of nitrogens with one attached hydrogen (secondary N) is 1. The highest BCUT2D eigenvalue weighted by atomic mass is 35.5. The largest absolute Gasteiger partial charge is 0.338 e. The lowest BCUT2D eigenvalue weighted by Gasteiger charge is -2.33. The first-order valence-corrected chi connectivity index (χ1v) is 7.17. The molecule has 1 N–H and O–H groups in total. The summed E-state index contributed by atoms with van der Waals surface area (Å²) in [6, 6.07) is 7.09. The van der Waals surface area contributed by atoms with Crippen LogP contribution in [0.3, 0.4) is 0 Å². The fourth-order valence-electron chi connectivity index (χ4n) is 2.85. The van der Waals surface area contributed by atoms with Crippen molar-refractivity contribution in [3.63, 3.8) is 0 Å². The van der Waals surface area contributed by atoms with Crippen molar-refractivity contribution in [2.75, 3.05) is 26.7 Å². The lowest BCUT2D eigenvalue weighted by Crippen LogP contribution is -2.42. The van der Waals surface area contributed by atoms with Crippen LogP contribution in [0.2, 0.25) is 0 Å². The number of benzene rings is 1. The van der Waals surface area contributed by atoms with Crippen molar-refractivity contribution in [1.29, 1.82) is 0 Å². The van der Waals surface area contributed by atoms with Crippen LogP contribution in [0.4, 0.5) is 0 Å². The van der Waals surface area contributed by atoms with Crippen molar-refractivity contribution in [3.8, 4) is 0 Å². The Balaban J connectivity index is 0.00000220. The maximum Gasteiger partial charge on any atom is 0.254 e. The van der Waals surface area contributed by atoms with Crippen LogP contribution in [-0.2, 0) is 0 Å². The van der Waals surface area contributed by atoms with E-state index in [0.717, 1.165) is 32.5 Å². The van der Waals surface area contributed by atoms with Gasteiger partial charge in [0.05, 0.1) is 5.56 Å². The van der Waals surface area contributed by atoms with Gasteiger partial charge in [0, 0.05) is 18.7 Å². The topological polar surface area (TPSA) is 49.4 Å². The van der Waals surface area contributed by atoms with Gasteiger partial charge in [-0.15, -0.1) is 12.4 Å². The second-order valence-corrected chi connectivity index (χ2v) is 5.42. The Bertz CT molecular complexity index is 503. The van der Waals surface area contributed by atoms with E-state index < -0.39 is 0 Å². The molecule has 2 rings (SSSR count). The summed E-state index contributed by atoms with van der Waals surface area (Å²) in [6.45, 7) is 3.99. The van der Waals surface area contributed by atoms with Gasteiger partial charge in [0.2, 0.25) is 0 Å². The minimum atomic E-state index is -0.0577. The van der Waals surface area contributed by atoms with Crippen LogP contribution in [0.15, 0.2) is 24.3 Å². The monoisotopic (exact) mass is 310 g/mol. The van der Waals surface area contributed by atoms with Gasteiger partial charge in [-0.25, -0.2) is 0 Å². The molecule has 21 heavy (non-hydrogen) atoms. The molecule has 1 amide bonds. The predicted octanol–water partition coefficient (Wildman–Crippen LogP) is 2.38. The molecule has 5 heteroatoms. The van der Waals surface area contributed by atoms with Gasteiger partial charge >= 0.3 is 0 Å². The lowest BCUT2D eigenvalue weighted by molar-refractivity contribution is 0.0670. The van der Waals surface area contributed by atoms with Gasteiger partial charge in [0.1, 0.15) is 0 Å².